The lowest BCUT2D eigenvalue weighted by atomic mass is 10.1. The molecule has 0 heterocycles. The van der Waals surface area contributed by atoms with Crippen LogP contribution in [-0.2, 0) is 10.8 Å². The quantitative estimate of drug-likeness (QED) is 0.880. The summed E-state index contributed by atoms with van der Waals surface area (Å²) in [6.45, 7) is 7.04. The van der Waals surface area contributed by atoms with Crippen molar-refractivity contribution in [2.45, 2.75) is 31.7 Å². The maximum Gasteiger partial charge on any atom is 0.0551 e. The fourth-order valence-electron chi connectivity index (χ4n) is 2.37. The normalized spacial score (nSPS) is 13.9. The van der Waals surface area contributed by atoms with Crippen LogP contribution in [0.4, 0.5) is 0 Å². The van der Waals surface area contributed by atoms with Crippen LogP contribution < -0.4 is 5.32 Å². The van der Waals surface area contributed by atoms with Gasteiger partial charge in [-0.25, -0.2) is 0 Å². The zero-order valence-corrected chi connectivity index (χ0v) is 13.7. The molecule has 0 aromatic heterocycles. The Balaban J connectivity index is 2.18. The number of hydrogen-bond donors (Lipinski definition) is 1. The second-order valence-electron chi connectivity index (χ2n) is 5.30. The lowest BCUT2D eigenvalue weighted by Crippen LogP contribution is -2.26. The molecular weight excluding hydrogens is 278 g/mol. The molecule has 0 saturated carbocycles. The van der Waals surface area contributed by atoms with Gasteiger partial charge in [-0.1, -0.05) is 55.0 Å². The molecule has 0 aliphatic carbocycles. The van der Waals surface area contributed by atoms with E-state index in [2.05, 4.69) is 43.4 Å². The number of hydrogen-bond acceptors (Lipinski definition) is 2. The topological polar surface area (TPSA) is 29.1 Å². The summed E-state index contributed by atoms with van der Waals surface area (Å²) in [4.78, 5) is 0.938. The van der Waals surface area contributed by atoms with Crippen LogP contribution in [-0.4, -0.2) is 16.5 Å². The van der Waals surface area contributed by atoms with Gasteiger partial charge in [-0.05, 0) is 37.6 Å². The number of benzene rings is 2. The van der Waals surface area contributed by atoms with Crippen LogP contribution in [0.2, 0.25) is 0 Å². The van der Waals surface area contributed by atoms with E-state index in [0.717, 1.165) is 17.0 Å². The molecular formula is C18H23NOS. The second-order valence-corrected chi connectivity index (χ2v) is 6.76. The summed E-state index contributed by atoms with van der Waals surface area (Å²) >= 11 is 0. The van der Waals surface area contributed by atoms with Gasteiger partial charge in [0.1, 0.15) is 0 Å². The smallest absolute Gasteiger partial charge is 0.0551 e. The molecule has 0 spiro atoms. The third-order valence-corrected chi connectivity index (χ3v) is 5.17. The first-order valence-electron chi connectivity index (χ1n) is 7.35. The molecule has 0 amide bonds. The van der Waals surface area contributed by atoms with Crippen molar-refractivity contribution in [1.29, 1.82) is 0 Å². The molecule has 0 radical (unpaired) electrons. The minimum Gasteiger partial charge on any atom is -0.309 e. The van der Waals surface area contributed by atoms with Crippen molar-refractivity contribution in [3.05, 3.63) is 65.2 Å². The molecule has 0 aliphatic rings. The summed E-state index contributed by atoms with van der Waals surface area (Å²) in [6.07, 6.45) is 0. The van der Waals surface area contributed by atoms with E-state index in [0.29, 0.717) is 5.75 Å². The van der Waals surface area contributed by atoms with E-state index in [1.54, 1.807) is 0 Å². The van der Waals surface area contributed by atoms with Gasteiger partial charge in [-0.3, -0.25) is 4.21 Å². The van der Waals surface area contributed by atoms with Gasteiger partial charge in [0.2, 0.25) is 0 Å². The summed E-state index contributed by atoms with van der Waals surface area (Å²) in [7, 11) is -0.995. The molecule has 3 heteroatoms. The van der Waals surface area contributed by atoms with Crippen LogP contribution >= 0.6 is 0 Å². The number of aryl methyl sites for hydroxylation is 2. The zero-order chi connectivity index (χ0) is 15.2. The van der Waals surface area contributed by atoms with Crippen molar-refractivity contribution < 1.29 is 4.21 Å². The Morgan fingerprint density at radius 3 is 2.33 bits per heavy atom. The van der Waals surface area contributed by atoms with Gasteiger partial charge in [-0.2, -0.15) is 0 Å². The first-order valence-corrected chi connectivity index (χ1v) is 8.67. The van der Waals surface area contributed by atoms with Gasteiger partial charge >= 0.3 is 0 Å². The minimum absolute atomic E-state index is 0.121. The Morgan fingerprint density at radius 1 is 1.05 bits per heavy atom. The van der Waals surface area contributed by atoms with Crippen molar-refractivity contribution in [3.63, 3.8) is 0 Å². The molecule has 0 fully saturated rings. The molecule has 0 saturated heterocycles. The highest BCUT2D eigenvalue weighted by Gasteiger charge is 2.16. The predicted octanol–water partition coefficient (Wildman–Crippen LogP) is 3.76. The largest absolute Gasteiger partial charge is 0.309 e. The van der Waals surface area contributed by atoms with Crippen LogP contribution in [0.3, 0.4) is 0 Å². The monoisotopic (exact) mass is 301 g/mol. The summed E-state index contributed by atoms with van der Waals surface area (Å²) in [5, 5.41) is 3.45. The highest BCUT2D eigenvalue weighted by Crippen LogP contribution is 2.20. The summed E-state index contributed by atoms with van der Waals surface area (Å²) in [5.41, 5.74) is 3.54. The molecule has 2 atom stereocenters. The Morgan fingerprint density at radius 2 is 1.71 bits per heavy atom. The lowest BCUT2D eigenvalue weighted by Gasteiger charge is -2.19. The summed E-state index contributed by atoms with van der Waals surface area (Å²) < 4.78 is 12.7. The van der Waals surface area contributed by atoms with Gasteiger partial charge in [0.05, 0.1) is 10.8 Å². The zero-order valence-electron chi connectivity index (χ0n) is 12.9. The second kappa shape index (κ2) is 7.53. The van der Waals surface area contributed by atoms with Crippen molar-refractivity contribution in [1.82, 2.24) is 5.32 Å². The van der Waals surface area contributed by atoms with Gasteiger partial charge in [0, 0.05) is 16.7 Å². The summed E-state index contributed by atoms with van der Waals surface area (Å²) in [5.74, 6) is 0.599. The highest BCUT2D eigenvalue weighted by atomic mass is 32.2. The minimum atomic E-state index is -0.995. The summed E-state index contributed by atoms with van der Waals surface area (Å²) in [6, 6.07) is 16.5. The Bertz CT molecular complexity index is 607. The highest BCUT2D eigenvalue weighted by molar-refractivity contribution is 7.85. The van der Waals surface area contributed by atoms with Crippen LogP contribution in [0, 0.1) is 13.8 Å². The van der Waals surface area contributed by atoms with Crippen molar-refractivity contribution in [2.75, 3.05) is 12.3 Å². The van der Waals surface area contributed by atoms with Crippen molar-refractivity contribution in [3.8, 4) is 0 Å². The lowest BCUT2D eigenvalue weighted by molar-refractivity contribution is 0.594. The average Bonchev–Trinajstić information content (AvgIpc) is 2.48. The van der Waals surface area contributed by atoms with E-state index in [-0.39, 0.29) is 6.04 Å². The molecule has 112 valence electrons. The molecule has 2 unspecified atom stereocenters. The van der Waals surface area contributed by atoms with Crippen LogP contribution in [0.15, 0.2) is 53.4 Å². The molecule has 2 aromatic carbocycles. The molecule has 0 aliphatic heterocycles. The van der Waals surface area contributed by atoms with E-state index in [1.807, 2.05) is 31.2 Å². The van der Waals surface area contributed by atoms with Crippen LogP contribution in [0.25, 0.3) is 0 Å². The number of nitrogens with one attached hydrogen (secondary N) is 1. The third-order valence-electron chi connectivity index (χ3n) is 3.59. The maximum atomic E-state index is 12.7. The Kier molecular flexibility index (Phi) is 5.71. The Hall–Kier alpha value is -1.45. The third kappa shape index (κ3) is 4.26. The molecule has 21 heavy (non-hydrogen) atoms. The molecule has 0 bridgehead atoms. The first-order chi connectivity index (χ1) is 10.1. The SMILES string of the molecule is CCNC(CS(=O)c1ccccc1C)c1ccc(C)cc1. The Labute approximate surface area is 130 Å². The number of rotatable bonds is 6. The van der Waals surface area contributed by atoms with E-state index < -0.39 is 10.8 Å². The standard InChI is InChI=1S/C18H23NOS/c1-4-19-17(16-11-9-14(2)10-12-16)13-21(20)18-8-6-5-7-15(18)3/h5-12,17,19H,4,13H2,1-3H3. The van der Waals surface area contributed by atoms with E-state index in [1.165, 1.54) is 11.1 Å². The fraction of sp³-hybridized carbons (Fsp3) is 0.333. The van der Waals surface area contributed by atoms with E-state index in [9.17, 15) is 4.21 Å². The van der Waals surface area contributed by atoms with Crippen molar-refractivity contribution in [2.24, 2.45) is 0 Å². The van der Waals surface area contributed by atoms with Crippen LogP contribution in [0.5, 0.6) is 0 Å². The van der Waals surface area contributed by atoms with Crippen LogP contribution in [0.1, 0.15) is 29.7 Å². The molecule has 2 nitrogen and oxygen atoms in total. The van der Waals surface area contributed by atoms with Gasteiger partial charge in [0.15, 0.2) is 0 Å². The maximum absolute atomic E-state index is 12.7. The fourth-order valence-corrected chi connectivity index (χ4v) is 3.82. The molecule has 2 rings (SSSR count). The van der Waals surface area contributed by atoms with E-state index >= 15 is 0 Å². The predicted molar refractivity (Wildman–Crippen MR) is 90.1 cm³/mol. The van der Waals surface area contributed by atoms with Gasteiger partial charge in [0.25, 0.3) is 0 Å². The van der Waals surface area contributed by atoms with Gasteiger partial charge in [-0.15, -0.1) is 0 Å². The first kappa shape index (κ1) is 15.9. The average molecular weight is 301 g/mol. The molecule has 1 N–H and O–H groups in total. The van der Waals surface area contributed by atoms with Crippen molar-refractivity contribution >= 4 is 10.8 Å². The van der Waals surface area contributed by atoms with Gasteiger partial charge < -0.3 is 5.32 Å². The molecule has 2 aromatic rings. The van der Waals surface area contributed by atoms with E-state index in [4.69, 9.17) is 0 Å².